The topological polar surface area (TPSA) is 252 Å². The quantitative estimate of drug-likeness (QED) is 0.0226. The number of terminal acetylenes is 1. The second-order valence-corrected chi connectivity index (χ2v) is 21.3. The molecule has 1 aliphatic rings. The van der Waals surface area contributed by atoms with Crippen molar-refractivity contribution in [3.63, 3.8) is 0 Å². The number of hydrogen-bond donors (Lipinski definition) is 4. The first-order chi connectivity index (χ1) is 39.7. The number of nitrogens with zero attached hydrogens (tertiary/aromatic N) is 14. The number of nitrogen functional groups attached to an aromatic ring is 1. The van der Waals surface area contributed by atoms with Crippen LogP contribution in [0.15, 0.2) is 156 Å². The first-order valence-electron chi connectivity index (χ1n) is 23.7. The number of carbonyl (C=O) groups is 3. The summed E-state index contributed by atoms with van der Waals surface area (Å²) in [6, 6.07) is 38.4. The van der Waals surface area contributed by atoms with Gasteiger partial charge in [0.2, 0.25) is 0 Å². The van der Waals surface area contributed by atoms with E-state index in [4.69, 9.17) is 72.2 Å². The van der Waals surface area contributed by atoms with Gasteiger partial charge in [-0.2, -0.15) is 0 Å². The van der Waals surface area contributed by atoms with Crippen molar-refractivity contribution in [2.45, 2.75) is 13.1 Å². The smallest absolute Gasteiger partial charge is 0.262 e. The number of carbonyl (C=O) groups excluding carboxylic acids is 3. The van der Waals surface area contributed by atoms with Crippen LogP contribution < -0.4 is 21.7 Å². The van der Waals surface area contributed by atoms with Gasteiger partial charge in [0, 0.05) is 35.4 Å². The van der Waals surface area contributed by atoms with Gasteiger partial charge in [-0.1, -0.05) is 105 Å². The van der Waals surface area contributed by atoms with Crippen molar-refractivity contribution in [3.8, 4) is 23.7 Å². The molecule has 0 fully saturated rings. The number of rotatable bonds is 12. The zero-order valence-electron chi connectivity index (χ0n) is 42.9. The minimum atomic E-state index is -0.196. The number of amides is 3. The molecule has 27 heteroatoms. The predicted octanol–water partition coefficient (Wildman–Crippen LogP) is 12.8. The molecule has 5 N–H and O–H groups in total. The van der Waals surface area contributed by atoms with E-state index < -0.39 is 0 Å². The van der Waals surface area contributed by atoms with E-state index in [0.29, 0.717) is 74.0 Å². The van der Waals surface area contributed by atoms with Crippen molar-refractivity contribution in [2.24, 2.45) is 10.1 Å². The van der Waals surface area contributed by atoms with Gasteiger partial charge in [-0.25, -0.2) is 23.9 Å². The van der Waals surface area contributed by atoms with E-state index >= 15 is 0 Å². The first-order valence-corrected chi connectivity index (χ1v) is 27.2. The van der Waals surface area contributed by atoms with Crippen LogP contribution in [0.3, 0.4) is 0 Å². The molecular weight excluding hydrogens is 1160 g/mol. The summed E-state index contributed by atoms with van der Waals surface area (Å²) in [6.45, 7) is 22.8. The van der Waals surface area contributed by atoms with Crippen LogP contribution in [-0.2, 0) is 13.1 Å². The summed E-state index contributed by atoms with van der Waals surface area (Å²) in [7, 11) is 2.04. The minimum Gasteiger partial charge on any atom is -0.399 e. The largest absolute Gasteiger partial charge is 0.399 e. The van der Waals surface area contributed by atoms with Crippen LogP contribution in [0.5, 0.6) is 0 Å². The van der Waals surface area contributed by atoms with E-state index in [0.717, 1.165) is 35.9 Å². The van der Waals surface area contributed by atoms with E-state index in [1.807, 2.05) is 31.3 Å². The van der Waals surface area contributed by atoms with Gasteiger partial charge in [0.05, 0.1) is 97.3 Å². The first kappa shape index (κ1) is 61.4. The number of azide groups is 1. The molecule has 10 rings (SSSR count). The van der Waals surface area contributed by atoms with Gasteiger partial charge in [-0.15, -0.1) is 50.6 Å². The summed E-state index contributed by atoms with van der Waals surface area (Å²) in [5.74, 6) is 2.78. The molecule has 0 aliphatic carbocycles. The van der Waals surface area contributed by atoms with E-state index in [9.17, 15) is 14.4 Å². The highest BCUT2D eigenvalue weighted by Crippen LogP contribution is 2.24. The highest BCUT2D eigenvalue weighted by molar-refractivity contribution is 7.18. The monoisotopic (exact) mass is 1200 g/mol. The van der Waals surface area contributed by atoms with Crippen molar-refractivity contribution >= 4 is 121 Å². The number of benzene rings is 4. The number of aromatic nitrogens is 6. The number of nitrogens with one attached hydrogen (secondary N) is 3. The number of nitrogens with two attached hydrogens (primary N) is 1. The lowest BCUT2D eigenvalue weighted by Crippen LogP contribution is -2.23. The molecule has 0 saturated heterocycles. The Kier molecular flexibility index (Phi) is 23.7. The molecule has 410 valence electrons. The summed E-state index contributed by atoms with van der Waals surface area (Å²) in [6.07, 6.45) is 8.50. The SMILES string of the molecule is C#CCNC(=O)c1ccc(Cl)s1.CN1CCN=C1c1ccc(-n2cc(CNC(=O)c3ccc(Cl)s3)nn2)cc1.[C-]#[N+]c1ccc(-n2cc(CNC(=O)c3ccc(Cl)s3)nn2)cc1.[C-]#[N+]c1ccc(N)cc1.[C-]#[N+]c1ccc(N=[N+]=[N-])cc1. The van der Waals surface area contributed by atoms with Crippen molar-refractivity contribution < 1.29 is 14.4 Å². The summed E-state index contributed by atoms with van der Waals surface area (Å²) < 4.78 is 5.04. The fourth-order valence-corrected chi connectivity index (χ4v) is 9.41. The number of halogens is 3. The van der Waals surface area contributed by atoms with Gasteiger partial charge in [0.15, 0.2) is 17.1 Å². The summed E-state index contributed by atoms with van der Waals surface area (Å²) in [5.41, 5.74) is 20.5. The molecule has 21 nitrogen and oxygen atoms in total. The second-order valence-electron chi connectivity index (χ2n) is 16.2. The molecular formula is C55H43Cl3N18O3S3. The lowest BCUT2D eigenvalue weighted by Gasteiger charge is -2.13. The molecule has 0 atom stereocenters. The Morgan fingerprint density at radius 3 is 1.44 bits per heavy atom. The fourth-order valence-electron chi connectivity index (χ4n) is 6.54. The van der Waals surface area contributed by atoms with E-state index in [-0.39, 0.29) is 30.8 Å². The maximum atomic E-state index is 12.1. The highest BCUT2D eigenvalue weighted by atomic mass is 35.5. The Bertz CT molecular complexity index is 3860. The third kappa shape index (κ3) is 19.2. The average molecular weight is 1210 g/mol. The third-order valence-corrected chi connectivity index (χ3v) is 14.2. The Balaban J connectivity index is 0.000000176. The molecule has 0 radical (unpaired) electrons. The number of hydrogen-bond acceptors (Lipinski definition) is 14. The van der Waals surface area contributed by atoms with Gasteiger partial charge in [0.1, 0.15) is 17.2 Å². The zero-order chi connectivity index (χ0) is 58.8. The molecule has 0 spiro atoms. The maximum absolute atomic E-state index is 12.1. The van der Waals surface area contributed by atoms with Crippen molar-refractivity contribution in [2.75, 3.05) is 32.4 Å². The van der Waals surface area contributed by atoms with E-state index in [2.05, 4.69) is 76.9 Å². The Hall–Kier alpha value is -9.85. The summed E-state index contributed by atoms with van der Waals surface area (Å²) >= 11 is 21.0. The minimum absolute atomic E-state index is 0.174. The third-order valence-electron chi connectivity index (χ3n) is 10.5. The lowest BCUT2D eigenvalue weighted by atomic mass is 10.2. The second kappa shape index (κ2) is 31.7. The van der Waals surface area contributed by atoms with Crippen LogP contribution in [0.2, 0.25) is 13.0 Å². The molecule has 4 aromatic carbocycles. The van der Waals surface area contributed by atoms with Crippen LogP contribution >= 0.6 is 68.8 Å². The highest BCUT2D eigenvalue weighted by Gasteiger charge is 2.16. The predicted molar refractivity (Wildman–Crippen MR) is 323 cm³/mol. The Morgan fingerprint density at radius 2 is 1.06 bits per heavy atom. The van der Waals surface area contributed by atoms with Gasteiger partial charge in [0.25, 0.3) is 17.7 Å². The van der Waals surface area contributed by atoms with Crippen LogP contribution in [0.4, 0.5) is 28.4 Å². The van der Waals surface area contributed by atoms with Crippen LogP contribution in [0.1, 0.15) is 46.0 Å². The number of amidine groups is 1. The molecule has 0 bridgehead atoms. The van der Waals surface area contributed by atoms with Gasteiger partial charge in [-0.3, -0.25) is 19.4 Å². The number of aliphatic imine (C=N–C) groups is 1. The molecule has 6 heterocycles. The molecule has 9 aromatic rings. The molecule has 0 saturated carbocycles. The number of thiophene rings is 3. The van der Waals surface area contributed by atoms with E-state index in [1.165, 1.54) is 34.0 Å². The van der Waals surface area contributed by atoms with Gasteiger partial charge in [-0.05, 0) is 90.5 Å². The van der Waals surface area contributed by atoms with Gasteiger partial charge < -0.3 is 26.6 Å². The van der Waals surface area contributed by atoms with Gasteiger partial charge >= 0.3 is 0 Å². The standard InChI is InChI=1S/C18H17ClN6OS.C15H10ClN5OS.C8H6ClNOS.C7H4N4.C7H6N2/c1-24-9-8-20-17(24)12-2-4-14(5-3-12)25-11-13(22-23-25)10-21-18(26)15-6-7-16(19)27-15;1-17-10-2-4-12(5-3-10)21-9-11(19-20-21)8-18-15(22)13-6-7-14(16)23-13;1-2-5-10-8(11)6-3-4-7(9)12-6;1-9-6-2-4-7(5-3-6)10-11-8;1-9-7-4-2-6(8)3-5-7/h2-7,11H,8-10H2,1H3,(H,21,26);2-7,9H,8H2,(H,18,22);1,3-4H,5H2,(H,10,11);2-5H;2-5H,8H2. The average Bonchev–Trinajstić information content (AvgIpc) is 4.41. The van der Waals surface area contributed by atoms with Crippen molar-refractivity contribution in [3.05, 3.63) is 235 Å². The Labute approximate surface area is 497 Å². The number of likely N-dealkylation sites (N-methyl/N-ethyl adjacent to an activating group) is 1. The Morgan fingerprint density at radius 1 is 0.646 bits per heavy atom. The van der Waals surface area contributed by atoms with Crippen LogP contribution in [0, 0.1) is 32.1 Å². The molecule has 3 amide bonds. The van der Waals surface area contributed by atoms with E-state index in [1.54, 1.807) is 131 Å². The summed E-state index contributed by atoms with van der Waals surface area (Å²) in [5, 5.41) is 27.8. The summed E-state index contributed by atoms with van der Waals surface area (Å²) in [4.78, 5) is 55.9. The molecule has 0 unspecified atom stereocenters. The number of anilines is 1. The lowest BCUT2D eigenvalue weighted by molar-refractivity contribution is 0.0946. The molecule has 1 aliphatic heterocycles. The fraction of sp³-hybridized carbons (Fsp3) is 0.109. The normalized spacial score (nSPS) is 10.7. The molecule has 82 heavy (non-hydrogen) atoms. The molecule has 5 aromatic heterocycles. The van der Waals surface area contributed by atoms with Crippen LogP contribution in [-0.4, -0.2) is 85.1 Å². The maximum Gasteiger partial charge on any atom is 0.262 e. The zero-order valence-corrected chi connectivity index (χ0v) is 47.6. The van der Waals surface area contributed by atoms with Crippen LogP contribution in [0.25, 0.3) is 36.4 Å². The van der Waals surface area contributed by atoms with Crippen molar-refractivity contribution in [1.82, 2.24) is 50.8 Å². The van der Waals surface area contributed by atoms with Crippen molar-refractivity contribution in [1.29, 1.82) is 0 Å².